The van der Waals surface area contributed by atoms with Crippen molar-refractivity contribution in [2.45, 2.75) is 46.6 Å². The highest BCUT2D eigenvalue weighted by molar-refractivity contribution is 5.95. The van der Waals surface area contributed by atoms with Crippen LogP contribution in [0.1, 0.15) is 48.4 Å². The number of rotatable bonds is 6. The standard InChI is InChI=1S/C14H23N3O2/c1-5-11(6-2)13(18)8-15-14(19)12-7-9(3)16-17-10(12)4/h7,11,13,18H,5-6,8H2,1-4H3,(H,15,19). The van der Waals surface area contributed by atoms with Gasteiger partial charge in [0.15, 0.2) is 0 Å². The predicted octanol–water partition coefficient (Wildman–Crippen LogP) is 1.62. The quantitative estimate of drug-likeness (QED) is 0.819. The Bertz CT molecular complexity index is 431. The van der Waals surface area contributed by atoms with E-state index in [1.807, 2.05) is 13.8 Å². The predicted molar refractivity (Wildman–Crippen MR) is 73.9 cm³/mol. The molecule has 106 valence electrons. The number of hydrogen-bond acceptors (Lipinski definition) is 4. The number of nitrogens with one attached hydrogen (secondary N) is 1. The van der Waals surface area contributed by atoms with Gasteiger partial charge in [-0.1, -0.05) is 26.7 Å². The summed E-state index contributed by atoms with van der Waals surface area (Å²) in [6.07, 6.45) is 1.31. The number of hydrogen-bond donors (Lipinski definition) is 2. The molecule has 19 heavy (non-hydrogen) atoms. The molecule has 0 spiro atoms. The van der Waals surface area contributed by atoms with Crippen molar-refractivity contribution in [3.8, 4) is 0 Å². The average molecular weight is 265 g/mol. The molecule has 0 saturated carbocycles. The highest BCUT2D eigenvalue weighted by Crippen LogP contribution is 2.12. The topological polar surface area (TPSA) is 75.1 Å². The molecule has 5 nitrogen and oxygen atoms in total. The summed E-state index contributed by atoms with van der Waals surface area (Å²) < 4.78 is 0. The van der Waals surface area contributed by atoms with Crippen molar-refractivity contribution in [1.29, 1.82) is 0 Å². The van der Waals surface area contributed by atoms with Crippen LogP contribution in [0.5, 0.6) is 0 Å². The molecule has 0 aliphatic carbocycles. The maximum atomic E-state index is 12.0. The first-order valence-corrected chi connectivity index (χ1v) is 6.76. The second-order valence-corrected chi connectivity index (χ2v) is 4.84. The first-order chi connectivity index (χ1) is 8.99. The van der Waals surface area contributed by atoms with Crippen LogP contribution in [0.4, 0.5) is 0 Å². The maximum Gasteiger partial charge on any atom is 0.253 e. The van der Waals surface area contributed by atoms with E-state index in [1.54, 1.807) is 19.9 Å². The minimum atomic E-state index is -0.504. The number of aliphatic hydroxyl groups is 1. The Labute approximate surface area is 114 Å². The third-order valence-electron chi connectivity index (χ3n) is 3.41. The Hall–Kier alpha value is -1.49. The van der Waals surface area contributed by atoms with E-state index in [-0.39, 0.29) is 18.4 Å². The molecule has 0 fully saturated rings. The van der Waals surface area contributed by atoms with Crippen LogP contribution in [-0.2, 0) is 0 Å². The molecule has 0 aliphatic heterocycles. The van der Waals surface area contributed by atoms with E-state index in [0.29, 0.717) is 17.0 Å². The Kier molecular flexibility index (Phi) is 5.89. The van der Waals surface area contributed by atoms with Gasteiger partial charge in [-0.2, -0.15) is 10.2 Å². The van der Waals surface area contributed by atoms with Gasteiger partial charge in [0.25, 0.3) is 5.91 Å². The highest BCUT2D eigenvalue weighted by Gasteiger charge is 2.17. The zero-order chi connectivity index (χ0) is 14.4. The second-order valence-electron chi connectivity index (χ2n) is 4.84. The molecule has 1 unspecified atom stereocenters. The smallest absolute Gasteiger partial charge is 0.253 e. The van der Waals surface area contributed by atoms with E-state index in [0.717, 1.165) is 12.8 Å². The zero-order valence-electron chi connectivity index (χ0n) is 12.1. The number of nitrogens with zero attached hydrogens (tertiary/aromatic N) is 2. The number of aryl methyl sites for hydroxylation is 2. The molecule has 1 amide bonds. The van der Waals surface area contributed by atoms with E-state index in [2.05, 4.69) is 15.5 Å². The van der Waals surface area contributed by atoms with Crippen molar-refractivity contribution in [1.82, 2.24) is 15.5 Å². The van der Waals surface area contributed by atoms with Crippen LogP contribution >= 0.6 is 0 Å². The van der Waals surface area contributed by atoms with Crippen molar-refractivity contribution < 1.29 is 9.90 Å². The number of aliphatic hydroxyl groups excluding tert-OH is 1. The van der Waals surface area contributed by atoms with Crippen LogP contribution in [0.15, 0.2) is 6.07 Å². The zero-order valence-corrected chi connectivity index (χ0v) is 12.1. The molecule has 5 heteroatoms. The lowest BCUT2D eigenvalue weighted by Crippen LogP contribution is -2.36. The van der Waals surface area contributed by atoms with Crippen molar-refractivity contribution in [3.63, 3.8) is 0 Å². The lowest BCUT2D eigenvalue weighted by Gasteiger charge is -2.20. The number of carbonyl (C=O) groups excluding carboxylic acids is 1. The van der Waals surface area contributed by atoms with Crippen LogP contribution < -0.4 is 5.32 Å². The molecule has 1 rings (SSSR count). The van der Waals surface area contributed by atoms with Gasteiger partial charge in [-0.05, 0) is 25.8 Å². The Morgan fingerprint density at radius 2 is 1.95 bits per heavy atom. The monoisotopic (exact) mass is 265 g/mol. The maximum absolute atomic E-state index is 12.0. The van der Waals surface area contributed by atoms with Crippen molar-refractivity contribution in [2.24, 2.45) is 5.92 Å². The fourth-order valence-corrected chi connectivity index (χ4v) is 2.07. The van der Waals surface area contributed by atoms with Crippen molar-refractivity contribution in [3.05, 3.63) is 23.0 Å². The summed E-state index contributed by atoms with van der Waals surface area (Å²) >= 11 is 0. The summed E-state index contributed by atoms with van der Waals surface area (Å²) in [5.74, 6) is 0.0132. The van der Waals surface area contributed by atoms with E-state index >= 15 is 0 Å². The van der Waals surface area contributed by atoms with Gasteiger partial charge < -0.3 is 10.4 Å². The summed E-state index contributed by atoms with van der Waals surface area (Å²) in [5.41, 5.74) is 1.82. The van der Waals surface area contributed by atoms with E-state index < -0.39 is 6.10 Å². The summed E-state index contributed by atoms with van der Waals surface area (Å²) in [6, 6.07) is 1.71. The Morgan fingerprint density at radius 1 is 1.32 bits per heavy atom. The van der Waals surface area contributed by atoms with Gasteiger partial charge >= 0.3 is 0 Å². The van der Waals surface area contributed by atoms with E-state index in [9.17, 15) is 9.90 Å². The Balaban J connectivity index is 2.63. The fourth-order valence-electron chi connectivity index (χ4n) is 2.07. The molecule has 0 radical (unpaired) electrons. The number of aromatic nitrogens is 2. The molecule has 1 heterocycles. The first kappa shape index (κ1) is 15.6. The van der Waals surface area contributed by atoms with Gasteiger partial charge in [0.1, 0.15) is 0 Å². The van der Waals surface area contributed by atoms with Gasteiger partial charge in [0.2, 0.25) is 0 Å². The van der Waals surface area contributed by atoms with Gasteiger partial charge in [-0.25, -0.2) is 0 Å². The normalized spacial score (nSPS) is 12.5. The van der Waals surface area contributed by atoms with Crippen LogP contribution in [-0.4, -0.2) is 33.9 Å². The lowest BCUT2D eigenvalue weighted by molar-refractivity contribution is 0.0815. The van der Waals surface area contributed by atoms with Gasteiger partial charge in [-0.15, -0.1) is 0 Å². The SMILES string of the molecule is CCC(CC)C(O)CNC(=O)c1cc(C)nnc1C. The molecule has 1 aromatic rings. The van der Waals surface area contributed by atoms with Gasteiger partial charge in [0.05, 0.1) is 23.1 Å². The van der Waals surface area contributed by atoms with Gasteiger partial charge in [0, 0.05) is 6.54 Å². The summed E-state index contributed by atoms with van der Waals surface area (Å²) in [5, 5.41) is 20.6. The second kappa shape index (κ2) is 7.19. The molecular formula is C14H23N3O2. The first-order valence-electron chi connectivity index (χ1n) is 6.76. The molecule has 0 saturated heterocycles. The minimum absolute atomic E-state index is 0.208. The lowest BCUT2D eigenvalue weighted by atomic mass is 9.96. The van der Waals surface area contributed by atoms with Crippen LogP contribution in [0, 0.1) is 19.8 Å². The third kappa shape index (κ3) is 4.28. The third-order valence-corrected chi connectivity index (χ3v) is 3.41. The molecule has 1 atom stereocenters. The molecule has 0 bridgehead atoms. The van der Waals surface area contributed by atoms with Crippen LogP contribution in [0.3, 0.4) is 0 Å². The Morgan fingerprint density at radius 3 is 2.53 bits per heavy atom. The van der Waals surface area contributed by atoms with E-state index in [4.69, 9.17) is 0 Å². The average Bonchev–Trinajstić information content (AvgIpc) is 2.40. The molecule has 0 aromatic carbocycles. The minimum Gasteiger partial charge on any atom is -0.391 e. The molecule has 2 N–H and O–H groups in total. The van der Waals surface area contributed by atoms with Crippen LogP contribution in [0.2, 0.25) is 0 Å². The van der Waals surface area contributed by atoms with Gasteiger partial charge in [-0.3, -0.25) is 4.79 Å². The van der Waals surface area contributed by atoms with Crippen molar-refractivity contribution in [2.75, 3.05) is 6.54 Å². The molecule has 1 aromatic heterocycles. The summed E-state index contributed by atoms with van der Waals surface area (Å²) in [7, 11) is 0. The highest BCUT2D eigenvalue weighted by atomic mass is 16.3. The van der Waals surface area contributed by atoms with E-state index in [1.165, 1.54) is 0 Å². The summed E-state index contributed by atoms with van der Waals surface area (Å²) in [4.78, 5) is 12.0. The summed E-state index contributed by atoms with van der Waals surface area (Å²) in [6.45, 7) is 7.89. The molecule has 0 aliphatic rings. The fraction of sp³-hybridized carbons (Fsp3) is 0.643. The number of carbonyl (C=O) groups is 1. The number of amides is 1. The van der Waals surface area contributed by atoms with Crippen LogP contribution in [0.25, 0.3) is 0 Å². The largest absolute Gasteiger partial charge is 0.391 e. The van der Waals surface area contributed by atoms with Crippen molar-refractivity contribution >= 4 is 5.91 Å². The molecular weight excluding hydrogens is 242 g/mol.